The van der Waals surface area contributed by atoms with Gasteiger partial charge in [-0.2, -0.15) is 0 Å². The molecule has 0 aliphatic rings. The molecule has 0 atom stereocenters. The minimum absolute atomic E-state index is 0.0247. The summed E-state index contributed by atoms with van der Waals surface area (Å²) >= 11 is 6.47. The molecular weight excluding hydrogens is 538 g/mol. The monoisotopic (exact) mass is 569 g/mol. The first kappa shape index (κ1) is 29.7. The van der Waals surface area contributed by atoms with Gasteiger partial charge in [-0.3, -0.25) is 14.9 Å². The van der Waals surface area contributed by atoms with Crippen LogP contribution in [0.25, 0.3) is 11.1 Å². The number of carbonyl (C=O) groups is 2. The van der Waals surface area contributed by atoms with Gasteiger partial charge >= 0.3 is 5.97 Å². The van der Waals surface area contributed by atoms with Crippen molar-refractivity contribution < 1.29 is 24.0 Å². The summed E-state index contributed by atoms with van der Waals surface area (Å²) < 4.78 is 10.9. The van der Waals surface area contributed by atoms with Crippen LogP contribution in [-0.2, 0) is 14.9 Å². The number of nitro benzene ring substituents is 1. The second-order valence-electron chi connectivity index (χ2n) is 9.61. The molecule has 206 valence electrons. The van der Waals surface area contributed by atoms with Gasteiger partial charge in [0.2, 0.25) is 5.91 Å². The standard InChI is InChI=1S/C28H31N3O6S2/c1-5-36-26(33)24-22(18-8-6-9-20(16-18)31(34)35)17-39-25(24)30-27(38)29-23(32)10-7-15-37-21-13-11-19(12-14-21)28(2,3)4/h6,8-9,11-14,16-17H,5,7,10,15H2,1-4H3,(H2,29,30,32,38). The number of benzene rings is 2. The molecule has 0 fully saturated rings. The lowest BCUT2D eigenvalue weighted by atomic mass is 9.87. The first-order valence-electron chi connectivity index (χ1n) is 12.4. The maximum atomic E-state index is 12.8. The molecule has 9 nitrogen and oxygen atoms in total. The molecule has 0 saturated carbocycles. The molecule has 3 aromatic rings. The van der Waals surface area contributed by atoms with Crippen molar-refractivity contribution >= 4 is 51.2 Å². The van der Waals surface area contributed by atoms with Crippen molar-refractivity contribution in [2.24, 2.45) is 0 Å². The van der Waals surface area contributed by atoms with Gasteiger partial charge in [0.1, 0.15) is 16.3 Å². The minimum atomic E-state index is -0.607. The lowest BCUT2D eigenvalue weighted by Gasteiger charge is -2.19. The summed E-state index contributed by atoms with van der Waals surface area (Å²) in [7, 11) is 0. The Labute approximate surface area is 236 Å². The molecule has 0 aliphatic carbocycles. The maximum Gasteiger partial charge on any atom is 0.341 e. The number of hydrogen-bond donors (Lipinski definition) is 2. The number of non-ortho nitro benzene ring substituents is 1. The molecule has 1 amide bonds. The predicted octanol–water partition coefficient (Wildman–Crippen LogP) is 6.47. The number of hydrogen-bond acceptors (Lipinski definition) is 8. The van der Waals surface area contributed by atoms with Crippen molar-refractivity contribution in [2.45, 2.75) is 46.0 Å². The van der Waals surface area contributed by atoms with E-state index in [1.165, 1.54) is 29.0 Å². The van der Waals surface area contributed by atoms with Crippen LogP contribution in [-0.4, -0.2) is 35.1 Å². The number of rotatable bonds is 10. The van der Waals surface area contributed by atoms with Crippen LogP contribution in [0, 0.1) is 10.1 Å². The van der Waals surface area contributed by atoms with Crippen molar-refractivity contribution in [3.05, 3.63) is 75.2 Å². The van der Waals surface area contributed by atoms with E-state index < -0.39 is 10.9 Å². The molecular formula is C28H31N3O6S2. The van der Waals surface area contributed by atoms with Crippen LogP contribution >= 0.6 is 23.6 Å². The third-order valence-corrected chi connectivity index (χ3v) is 6.76. The van der Waals surface area contributed by atoms with Gasteiger partial charge in [-0.15, -0.1) is 11.3 Å². The van der Waals surface area contributed by atoms with Gasteiger partial charge in [-0.1, -0.05) is 45.0 Å². The molecule has 0 bridgehead atoms. The Balaban J connectivity index is 1.58. The Morgan fingerprint density at radius 1 is 1.13 bits per heavy atom. The largest absolute Gasteiger partial charge is 0.494 e. The molecule has 0 radical (unpaired) electrons. The lowest BCUT2D eigenvalue weighted by molar-refractivity contribution is -0.384. The summed E-state index contributed by atoms with van der Waals surface area (Å²) in [5.41, 5.74) is 2.31. The summed E-state index contributed by atoms with van der Waals surface area (Å²) in [5, 5.41) is 18.8. The van der Waals surface area contributed by atoms with Gasteiger partial charge < -0.3 is 20.1 Å². The first-order valence-corrected chi connectivity index (χ1v) is 13.7. The van der Waals surface area contributed by atoms with E-state index in [0.717, 1.165) is 5.75 Å². The zero-order valence-corrected chi connectivity index (χ0v) is 23.9. The molecule has 0 saturated heterocycles. The highest BCUT2D eigenvalue weighted by molar-refractivity contribution is 7.80. The van der Waals surface area contributed by atoms with Crippen LogP contribution in [0.4, 0.5) is 10.7 Å². The van der Waals surface area contributed by atoms with E-state index in [2.05, 4.69) is 31.4 Å². The number of thiophene rings is 1. The van der Waals surface area contributed by atoms with Crippen LogP contribution < -0.4 is 15.4 Å². The number of esters is 1. The maximum absolute atomic E-state index is 12.8. The van der Waals surface area contributed by atoms with Gasteiger partial charge in [-0.25, -0.2) is 4.79 Å². The second kappa shape index (κ2) is 13.3. The van der Waals surface area contributed by atoms with Gasteiger partial charge in [-0.05, 0) is 54.2 Å². The summed E-state index contributed by atoms with van der Waals surface area (Å²) in [6, 6.07) is 13.9. The van der Waals surface area contributed by atoms with Gasteiger partial charge in [0.15, 0.2) is 5.11 Å². The Kier molecular flexibility index (Phi) is 10.1. The summed E-state index contributed by atoms with van der Waals surface area (Å²) in [5.74, 6) is -0.166. The van der Waals surface area contributed by atoms with E-state index in [0.29, 0.717) is 29.2 Å². The smallest absolute Gasteiger partial charge is 0.341 e. The van der Waals surface area contributed by atoms with E-state index in [1.807, 2.05) is 24.3 Å². The Morgan fingerprint density at radius 2 is 1.85 bits per heavy atom. The van der Waals surface area contributed by atoms with Crippen molar-refractivity contribution in [2.75, 3.05) is 18.5 Å². The van der Waals surface area contributed by atoms with Gasteiger partial charge in [0, 0.05) is 29.5 Å². The average Bonchev–Trinajstić information content (AvgIpc) is 3.30. The highest BCUT2D eigenvalue weighted by Crippen LogP contribution is 2.37. The number of anilines is 1. The van der Waals surface area contributed by atoms with Crippen LogP contribution in [0.5, 0.6) is 5.75 Å². The van der Waals surface area contributed by atoms with Gasteiger partial charge in [0.25, 0.3) is 5.69 Å². The van der Waals surface area contributed by atoms with E-state index in [9.17, 15) is 19.7 Å². The first-order chi connectivity index (χ1) is 18.5. The average molecular weight is 570 g/mol. The SMILES string of the molecule is CCOC(=O)c1c(-c2cccc([N+](=O)[O-])c2)csc1NC(=S)NC(=O)CCCOc1ccc(C(C)(C)C)cc1. The number of nitro groups is 1. The zero-order valence-electron chi connectivity index (χ0n) is 22.2. The molecule has 11 heteroatoms. The van der Waals surface area contributed by atoms with Crippen LogP contribution in [0.1, 0.15) is 56.5 Å². The predicted molar refractivity (Wildman–Crippen MR) is 157 cm³/mol. The number of carbonyl (C=O) groups excluding carboxylic acids is 2. The fourth-order valence-corrected chi connectivity index (χ4v) is 4.89. The third-order valence-electron chi connectivity index (χ3n) is 5.66. The summed E-state index contributed by atoms with van der Waals surface area (Å²) in [6.07, 6.45) is 0.676. The van der Waals surface area contributed by atoms with Gasteiger partial charge in [0.05, 0.1) is 18.1 Å². The molecule has 1 heterocycles. The lowest BCUT2D eigenvalue weighted by Crippen LogP contribution is -2.34. The number of thiocarbonyl (C=S) groups is 1. The molecule has 3 rings (SSSR count). The number of nitrogens with one attached hydrogen (secondary N) is 2. The van der Waals surface area contributed by atoms with Crippen molar-refractivity contribution in [1.82, 2.24) is 5.32 Å². The number of amides is 1. The molecule has 0 spiro atoms. The Bertz CT molecular complexity index is 1350. The zero-order chi connectivity index (χ0) is 28.6. The molecule has 2 aromatic carbocycles. The highest BCUT2D eigenvalue weighted by atomic mass is 32.1. The van der Waals surface area contributed by atoms with Crippen LogP contribution in [0.3, 0.4) is 0 Å². The highest BCUT2D eigenvalue weighted by Gasteiger charge is 2.23. The fraction of sp³-hybridized carbons (Fsp3) is 0.321. The summed E-state index contributed by atoms with van der Waals surface area (Å²) in [4.78, 5) is 35.9. The molecule has 0 aliphatic heterocycles. The molecule has 1 aromatic heterocycles. The fourth-order valence-electron chi connectivity index (χ4n) is 3.65. The third kappa shape index (κ3) is 8.33. The van der Waals surface area contributed by atoms with Crippen molar-refractivity contribution in [1.29, 1.82) is 0 Å². The number of nitrogens with zero attached hydrogens (tertiary/aromatic N) is 1. The topological polar surface area (TPSA) is 120 Å². The normalized spacial score (nSPS) is 11.0. The second-order valence-corrected chi connectivity index (χ2v) is 10.9. The van der Waals surface area contributed by atoms with E-state index in [1.54, 1.807) is 24.4 Å². The van der Waals surface area contributed by atoms with E-state index in [4.69, 9.17) is 21.7 Å². The van der Waals surface area contributed by atoms with Crippen LogP contribution in [0.2, 0.25) is 0 Å². The summed E-state index contributed by atoms with van der Waals surface area (Å²) in [6.45, 7) is 8.63. The van der Waals surface area contributed by atoms with E-state index >= 15 is 0 Å². The van der Waals surface area contributed by atoms with E-state index in [-0.39, 0.29) is 40.7 Å². The number of ether oxygens (including phenoxy) is 2. The van der Waals surface area contributed by atoms with Crippen molar-refractivity contribution in [3.63, 3.8) is 0 Å². The Morgan fingerprint density at radius 3 is 2.49 bits per heavy atom. The molecule has 39 heavy (non-hydrogen) atoms. The van der Waals surface area contributed by atoms with Crippen molar-refractivity contribution in [3.8, 4) is 16.9 Å². The Hall–Kier alpha value is -3.83. The quantitative estimate of drug-likeness (QED) is 0.0937. The molecule has 0 unspecified atom stereocenters. The minimum Gasteiger partial charge on any atom is -0.494 e. The van der Waals surface area contributed by atoms with Crippen LogP contribution in [0.15, 0.2) is 53.9 Å². The molecule has 2 N–H and O–H groups in total.